The Balaban J connectivity index is 1.90. The fourth-order valence-corrected chi connectivity index (χ4v) is 2.68. The minimum Gasteiger partial charge on any atom is -0.462 e. The molecular formula is C20H27NO2. The van der Waals surface area contributed by atoms with Crippen molar-refractivity contribution in [2.24, 2.45) is 11.8 Å². The Labute approximate surface area is 139 Å². The van der Waals surface area contributed by atoms with Gasteiger partial charge in [-0.2, -0.15) is 0 Å². The van der Waals surface area contributed by atoms with Crippen molar-refractivity contribution in [3.63, 3.8) is 0 Å². The van der Waals surface area contributed by atoms with Gasteiger partial charge in [0.05, 0.1) is 5.92 Å². The van der Waals surface area contributed by atoms with Crippen molar-refractivity contribution in [3.8, 4) is 0 Å². The van der Waals surface area contributed by atoms with Crippen molar-refractivity contribution in [1.29, 1.82) is 0 Å². The number of ether oxygens (including phenoxy) is 1. The van der Waals surface area contributed by atoms with Gasteiger partial charge in [0.2, 0.25) is 0 Å². The van der Waals surface area contributed by atoms with Crippen LogP contribution in [0, 0.1) is 11.8 Å². The summed E-state index contributed by atoms with van der Waals surface area (Å²) >= 11 is 0. The summed E-state index contributed by atoms with van der Waals surface area (Å²) in [6.45, 7) is 6.76. The molecule has 1 aliphatic rings. The Morgan fingerprint density at radius 3 is 2.70 bits per heavy atom. The van der Waals surface area contributed by atoms with E-state index < -0.39 is 0 Å². The van der Waals surface area contributed by atoms with Gasteiger partial charge in [0.25, 0.3) is 0 Å². The second-order valence-electron chi connectivity index (χ2n) is 6.41. The number of esters is 1. The summed E-state index contributed by atoms with van der Waals surface area (Å²) in [6.07, 6.45) is 9.23. The number of hydrogen-bond donors (Lipinski definition) is 1. The molecule has 1 aromatic rings. The summed E-state index contributed by atoms with van der Waals surface area (Å²) < 4.78 is 5.64. The number of nitrogens with one attached hydrogen (secondary N) is 1. The number of carbonyl (C=O) groups is 1. The summed E-state index contributed by atoms with van der Waals surface area (Å²) in [5, 5.41) is 3.49. The second-order valence-corrected chi connectivity index (χ2v) is 6.41. The third kappa shape index (κ3) is 5.36. The maximum atomic E-state index is 11.8. The first kappa shape index (κ1) is 17.5. The van der Waals surface area contributed by atoms with E-state index in [0.717, 1.165) is 13.0 Å². The lowest BCUT2D eigenvalue weighted by atomic mass is 9.89. The zero-order valence-corrected chi connectivity index (χ0v) is 14.2. The summed E-state index contributed by atoms with van der Waals surface area (Å²) in [7, 11) is 0. The zero-order valence-electron chi connectivity index (χ0n) is 14.2. The highest BCUT2D eigenvalue weighted by Gasteiger charge is 2.31. The number of carbonyl (C=O) groups excluding carboxylic acids is 1. The number of piperidine rings is 1. The molecule has 3 heteroatoms. The molecule has 0 aromatic heterocycles. The monoisotopic (exact) mass is 313 g/mol. The van der Waals surface area contributed by atoms with Crippen LogP contribution in [0.5, 0.6) is 0 Å². The first-order valence-corrected chi connectivity index (χ1v) is 8.41. The Kier molecular flexibility index (Phi) is 6.60. The number of benzene rings is 1. The third-order valence-corrected chi connectivity index (χ3v) is 4.22. The molecule has 2 rings (SSSR count). The van der Waals surface area contributed by atoms with Crippen LogP contribution in [0.2, 0.25) is 0 Å². The van der Waals surface area contributed by atoms with Gasteiger partial charge in [-0.1, -0.05) is 75.4 Å². The van der Waals surface area contributed by atoms with Crippen molar-refractivity contribution in [1.82, 2.24) is 5.32 Å². The van der Waals surface area contributed by atoms with Crippen molar-refractivity contribution < 1.29 is 9.53 Å². The van der Waals surface area contributed by atoms with E-state index in [1.807, 2.05) is 38.1 Å². The molecule has 0 aliphatic carbocycles. The van der Waals surface area contributed by atoms with Crippen LogP contribution >= 0.6 is 0 Å². The molecule has 1 aliphatic heterocycles. The molecule has 1 aromatic carbocycles. The highest BCUT2D eigenvalue weighted by atomic mass is 16.5. The van der Waals surface area contributed by atoms with Gasteiger partial charge < -0.3 is 10.1 Å². The van der Waals surface area contributed by atoms with Crippen LogP contribution < -0.4 is 5.32 Å². The molecule has 0 radical (unpaired) electrons. The normalized spacial score (nSPS) is 25.3. The standard InChI is InChI=1S/C20H27NO2/c1-15(2)20(22)23-19-13-14-21-18(16(19)3)12-8-7-11-17-9-5-4-6-10-17/h4-12,15-16,18-19,21H,13-14H2,1-3H3. The molecule has 0 saturated carbocycles. The van der Waals surface area contributed by atoms with Gasteiger partial charge in [-0.25, -0.2) is 0 Å². The Bertz CT molecular complexity index is 548. The van der Waals surface area contributed by atoms with Crippen molar-refractivity contribution in [2.75, 3.05) is 6.54 Å². The Morgan fingerprint density at radius 1 is 1.26 bits per heavy atom. The van der Waals surface area contributed by atoms with Gasteiger partial charge in [-0.15, -0.1) is 0 Å². The van der Waals surface area contributed by atoms with Crippen molar-refractivity contribution >= 4 is 12.0 Å². The van der Waals surface area contributed by atoms with Gasteiger partial charge >= 0.3 is 5.97 Å². The van der Waals surface area contributed by atoms with Crippen LogP contribution in [0.4, 0.5) is 0 Å². The van der Waals surface area contributed by atoms with Gasteiger partial charge in [-0.05, 0) is 18.5 Å². The van der Waals surface area contributed by atoms with E-state index in [0.29, 0.717) is 0 Å². The van der Waals surface area contributed by atoms with Crippen LogP contribution in [0.25, 0.3) is 6.08 Å². The summed E-state index contributed by atoms with van der Waals surface area (Å²) in [4.78, 5) is 11.8. The topological polar surface area (TPSA) is 38.3 Å². The van der Waals surface area contributed by atoms with E-state index in [-0.39, 0.29) is 30.0 Å². The van der Waals surface area contributed by atoms with E-state index >= 15 is 0 Å². The Morgan fingerprint density at radius 2 is 2.00 bits per heavy atom. The van der Waals surface area contributed by atoms with Crippen molar-refractivity contribution in [3.05, 3.63) is 54.1 Å². The molecule has 1 saturated heterocycles. The maximum Gasteiger partial charge on any atom is 0.308 e. The van der Waals surface area contributed by atoms with E-state index in [9.17, 15) is 4.79 Å². The summed E-state index contributed by atoms with van der Waals surface area (Å²) in [5.74, 6) is 0.100. The SMILES string of the molecule is CC(C)C(=O)OC1CCNC(C=CC=Cc2ccccc2)C1C. The van der Waals surface area contributed by atoms with E-state index in [2.05, 4.69) is 42.6 Å². The van der Waals surface area contributed by atoms with E-state index in [1.165, 1.54) is 5.56 Å². The second kappa shape index (κ2) is 8.68. The lowest BCUT2D eigenvalue weighted by Crippen LogP contribution is -2.48. The fourth-order valence-electron chi connectivity index (χ4n) is 2.68. The van der Waals surface area contributed by atoms with Gasteiger partial charge in [0, 0.05) is 12.0 Å². The minimum absolute atomic E-state index is 0.00102. The quantitative estimate of drug-likeness (QED) is 0.663. The summed E-state index contributed by atoms with van der Waals surface area (Å²) in [5.41, 5.74) is 1.19. The lowest BCUT2D eigenvalue weighted by molar-refractivity contribution is -0.157. The predicted octanol–water partition coefficient (Wildman–Crippen LogP) is 3.82. The van der Waals surface area contributed by atoms with E-state index in [1.54, 1.807) is 0 Å². The van der Waals surface area contributed by atoms with Crippen LogP contribution in [0.15, 0.2) is 48.6 Å². The van der Waals surface area contributed by atoms with Crippen molar-refractivity contribution in [2.45, 2.75) is 39.3 Å². The van der Waals surface area contributed by atoms with E-state index in [4.69, 9.17) is 4.74 Å². The van der Waals surface area contributed by atoms with Crippen LogP contribution in [0.1, 0.15) is 32.8 Å². The Hall–Kier alpha value is -1.87. The summed E-state index contributed by atoms with van der Waals surface area (Å²) in [6, 6.07) is 10.5. The highest BCUT2D eigenvalue weighted by molar-refractivity contribution is 5.71. The average Bonchev–Trinajstić information content (AvgIpc) is 2.55. The number of hydrogen-bond acceptors (Lipinski definition) is 3. The molecule has 0 bridgehead atoms. The third-order valence-electron chi connectivity index (χ3n) is 4.22. The molecule has 3 atom stereocenters. The molecule has 0 spiro atoms. The van der Waals surface area contributed by atoms with Crippen LogP contribution in [-0.2, 0) is 9.53 Å². The first-order chi connectivity index (χ1) is 11.1. The fraction of sp³-hybridized carbons (Fsp3) is 0.450. The maximum absolute atomic E-state index is 11.8. The molecule has 1 heterocycles. The number of rotatable bonds is 5. The molecular weight excluding hydrogens is 286 g/mol. The van der Waals surface area contributed by atoms with Crippen LogP contribution in [0.3, 0.4) is 0 Å². The van der Waals surface area contributed by atoms with Gasteiger partial charge in [-0.3, -0.25) is 4.79 Å². The predicted molar refractivity (Wildman–Crippen MR) is 94.9 cm³/mol. The molecule has 0 amide bonds. The lowest BCUT2D eigenvalue weighted by Gasteiger charge is -2.35. The smallest absolute Gasteiger partial charge is 0.308 e. The molecule has 124 valence electrons. The highest BCUT2D eigenvalue weighted by Crippen LogP contribution is 2.22. The average molecular weight is 313 g/mol. The first-order valence-electron chi connectivity index (χ1n) is 8.41. The molecule has 23 heavy (non-hydrogen) atoms. The molecule has 1 fully saturated rings. The zero-order chi connectivity index (χ0) is 16.7. The van der Waals surface area contributed by atoms with Gasteiger partial charge in [0.15, 0.2) is 0 Å². The molecule has 3 unspecified atom stereocenters. The van der Waals surface area contributed by atoms with Gasteiger partial charge in [0.1, 0.15) is 6.10 Å². The minimum atomic E-state index is -0.101. The number of allylic oxidation sites excluding steroid dienone is 2. The molecule has 3 nitrogen and oxygen atoms in total. The largest absolute Gasteiger partial charge is 0.462 e. The molecule has 1 N–H and O–H groups in total. The van der Waals surface area contributed by atoms with Crippen LogP contribution in [-0.4, -0.2) is 24.7 Å².